The first-order valence-electron chi connectivity index (χ1n) is 10.2. The van der Waals surface area contributed by atoms with Crippen molar-refractivity contribution in [1.29, 1.82) is 0 Å². The molecule has 2 aromatic heterocycles. The number of amides is 1. The number of benzene rings is 1. The van der Waals surface area contributed by atoms with Gasteiger partial charge in [-0.25, -0.2) is 4.98 Å². The number of aromatic nitrogens is 3. The van der Waals surface area contributed by atoms with E-state index in [2.05, 4.69) is 49.5 Å². The number of hydrogen-bond acceptors (Lipinski definition) is 7. The van der Waals surface area contributed by atoms with Crippen LogP contribution in [0.5, 0.6) is 0 Å². The number of thiazole rings is 1. The highest BCUT2D eigenvalue weighted by atomic mass is 32.1. The molecule has 7 nitrogen and oxygen atoms in total. The summed E-state index contributed by atoms with van der Waals surface area (Å²) in [5, 5.41) is 6.63. The van der Waals surface area contributed by atoms with E-state index < -0.39 is 0 Å². The highest BCUT2D eigenvalue weighted by Gasteiger charge is 2.21. The van der Waals surface area contributed by atoms with Gasteiger partial charge < -0.3 is 15.5 Å². The zero-order valence-corrected chi connectivity index (χ0v) is 17.8. The maximum atomic E-state index is 12.2. The van der Waals surface area contributed by atoms with E-state index in [1.54, 1.807) is 17.5 Å². The Hall–Kier alpha value is -2.84. The lowest BCUT2D eigenvalue weighted by Gasteiger charge is -2.35. The van der Waals surface area contributed by atoms with E-state index in [1.807, 2.05) is 23.8 Å². The Balaban J connectivity index is 1.25. The Labute approximate surface area is 180 Å². The SMILES string of the molecule is CC(Cc1cncs1)NC1CCN(c2ccc(NC(=O)c3cnccn3)cc2)CC1. The zero-order valence-electron chi connectivity index (χ0n) is 17.0. The predicted octanol–water partition coefficient (Wildman–Crippen LogP) is 3.38. The van der Waals surface area contributed by atoms with Gasteiger partial charge in [0, 0.05) is 60.0 Å². The summed E-state index contributed by atoms with van der Waals surface area (Å²) in [5.41, 5.74) is 4.14. The van der Waals surface area contributed by atoms with Crippen LogP contribution in [0.4, 0.5) is 11.4 Å². The van der Waals surface area contributed by atoms with Crippen LogP contribution in [0, 0.1) is 0 Å². The van der Waals surface area contributed by atoms with Gasteiger partial charge >= 0.3 is 0 Å². The number of nitrogens with one attached hydrogen (secondary N) is 2. The average molecular weight is 423 g/mol. The largest absolute Gasteiger partial charge is 0.371 e. The standard InChI is InChI=1S/C22H26N6OS/c1-16(12-20-13-24-15-30-20)26-18-6-10-28(11-7-18)19-4-2-17(3-5-19)27-22(29)21-14-23-8-9-25-21/h2-5,8-9,13-16,18,26H,6-7,10-12H2,1H3,(H,27,29). The second-order valence-electron chi connectivity index (χ2n) is 7.59. The zero-order chi connectivity index (χ0) is 20.8. The molecule has 1 fully saturated rings. The summed E-state index contributed by atoms with van der Waals surface area (Å²) in [5.74, 6) is -0.254. The highest BCUT2D eigenvalue weighted by Crippen LogP contribution is 2.23. The molecule has 8 heteroatoms. The minimum Gasteiger partial charge on any atom is -0.371 e. The van der Waals surface area contributed by atoms with Crippen molar-refractivity contribution in [2.75, 3.05) is 23.3 Å². The molecule has 1 saturated heterocycles. The van der Waals surface area contributed by atoms with Crippen molar-refractivity contribution in [2.45, 2.75) is 38.3 Å². The average Bonchev–Trinajstić information content (AvgIpc) is 3.28. The maximum Gasteiger partial charge on any atom is 0.275 e. The number of anilines is 2. The normalized spacial score (nSPS) is 15.7. The van der Waals surface area contributed by atoms with Crippen molar-refractivity contribution in [1.82, 2.24) is 20.3 Å². The van der Waals surface area contributed by atoms with Gasteiger partial charge in [-0.15, -0.1) is 11.3 Å². The van der Waals surface area contributed by atoms with Crippen molar-refractivity contribution >= 4 is 28.6 Å². The first kappa shape index (κ1) is 20.4. The Bertz CT molecular complexity index is 924. The Morgan fingerprint density at radius 3 is 2.63 bits per heavy atom. The van der Waals surface area contributed by atoms with E-state index >= 15 is 0 Å². The van der Waals surface area contributed by atoms with Crippen LogP contribution in [0.2, 0.25) is 0 Å². The first-order chi connectivity index (χ1) is 14.7. The summed E-state index contributed by atoms with van der Waals surface area (Å²) in [6, 6.07) is 9.00. The summed E-state index contributed by atoms with van der Waals surface area (Å²) < 4.78 is 0. The lowest BCUT2D eigenvalue weighted by atomic mass is 10.0. The second kappa shape index (κ2) is 9.77. The van der Waals surface area contributed by atoms with Gasteiger partial charge in [-0.3, -0.25) is 14.8 Å². The molecular weight excluding hydrogens is 396 g/mol. The molecule has 2 N–H and O–H groups in total. The third kappa shape index (κ3) is 5.40. The van der Waals surface area contributed by atoms with E-state index in [0.717, 1.165) is 38.0 Å². The molecule has 1 aromatic carbocycles. The fourth-order valence-electron chi connectivity index (χ4n) is 3.78. The summed E-state index contributed by atoms with van der Waals surface area (Å²) in [4.78, 5) is 28.0. The predicted molar refractivity (Wildman–Crippen MR) is 120 cm³/mol. The fraction of sp³-hybridized carbons (Fsp3) is 0.364. The summed E-state index contributed by atoms with van der Waals surface area (Å²) in [7, 11) is 0. The quantitative estimate of drug-likeness (QED) is 0.607. The summed E-state index contributed by atoms with van der Waals surface area (Å²) in [6.07, 6.45) is 9.76. The molecule has 30 heavy (non-hydrogen) atoms. The fourth-order valence-corrected chi connectivity index (χ4v) is 4.50. The van der Waals surface area contributed by atoms with Gasteiger partial charge in [0.05, 0.1) is 11.7 Å². The number of rotatable bonds is 7. The van der Waals surface area contributed by atoms with Crippen LogP contribution in [0.3, 0.4) is 0 Å². The molecule has 4 rings (SSSR count). The molecule has 1 atom stereocenters. The highest BCUT2D eigenvalue weighted by molar-refractivity contribution is 7.09. The summed E-state index contributed by atoms with van der Waals surface area (Å²) >= 11 is 1.72. The molecule has 3 aromatic rings. The third-order valence-corrected chi connectivity index (χ3v) is 6.09. The molecule has 1 amide bonds. The van der Waals surface area contributed by atoms with Crippen molar-refractivity contribution in [3.63, 3.8) is 0 Å². The Morgan fingerprint density at radius 1 is 1.17 bits per heavy atom. The van der Waals surface area contributed by atoms with Crippen molar-refractivity contribution in [3.8, 4) is 0 Å². The molecule has 0 saturated carbocycles. The van der Waals surface area contributed by atoms with Crippen LogP contribution in [0.15, 0.2) is 54.6 Å². The Kier molecular flexibility index (Phi) is 6.66. The molecule has 0 aliphatic carbocycles. The first-order valence-corrected chi connectivity index (χ1v) is 11.1. The molecule has 3 heterocycles. The van der Waals surface area contributed by atoms with Crippen LogP contribution in [0.25, 0.3) is 0 Å². The monoisotopic (exact) mass is 422 g/mol. The van der Waals surface area contributed by atoms with Gasteiger partial charge in [0.15, 0.2) is 0 Å². The summed E-state index contributed by atoms with van der Waals surface area (Å²) in [6.45, 7) is 4.30. The van der Waals surface area contributed by atoms with Crippen molar-refractivity contribution in [3.05, 3.63) is 65.1 Å². The lowest BCUT2D eigenvalue weighted by Crippen LogP contribution is -2.46. The molecule has 1 unspecified atom stereocenters. The number of piperidine rings is 1. The molecule has 0 spiro atoms. The Morgan fingerprint density at radius 2 is 1.97 bits per heavy atom. The molecular formula is C22H26N6OS. The maximum absolute atomic E-state index is 12.2. The molecule has 0 bridgehead atoms. The van der Waals surface area contributed by atoms with Gasteiger partial charge in [0.1, 0.15) is 5.69 Å². The van der Waals surface area contributed by atoms with Gasteiger partial charge in [-0.05, 0) is 50.5 Å². The van der Waals surface area contributed by atoms with Crippen molar-refractivity contribution < 1.29 is 4.79 Å². The van der Waals surface area contributed by atoms with Crippen LogP contribution in [-0.2, 0) is 6.42 Å². The van der Waals surface area contributed by atoms with Gasteiger partial charge in [-0.2, -0.15) is 0 Å². The van der Waals surface area contributed by atoms with E-state index in [0.29, 0.717) is 17.8 Å². The minimum absolute atomic E-state index is 0.254. The van der Waals surface area contributed by atoms with E-state index in [-0.39, 0.29) is 5.91 Å². The molecule has 0 radical (unpaired) electrons. The minimum atomic E-state index is -0.254. The van der Waals surface area contributed by atoms with Gasteiger partial charge in [0.2, 0.25) is 0 Å². The topological polar surface area (TPSA) is 83.0 Å². The van der Waals surface area contributed by atoms with Crippen LogP contribution in [0.1, 0.15) is 35.1 Å². The van der Waals surface area contributed by atoms with Crippen LogP contribution in [-0.4, -0.2) is 46.0 Å². The molecule has 1 aliphatic rings. The second-order valence-corrected chi connectivity index (χ2v) is 8.56. The smallest absolute Gasteiger partial charge is 0.275 e. The van der Waals surface area contributed by atoms with E-state index in [9.17, 15) is 4.79 Å². The molecule has 156 valence electrons. The van der Waals surface area contributed by atoms with Gasteiger partial charge in [-0.1, -0.05) is 0 Å². The van der Waals surface area contributed by atoms with E-state index in [4.69, 9.17) is 0 Å². The van der Waals surface area contributed by atoms with Crippen LogP contribution < -0.4 is 15.5 Å². The number of carbonyl (C=O) groups is 1. The van der Waals surface area contributed by atoms with Crippen molar-refractivity contribution in [2.24, 2.45) is 0 Å². The van der Waals surface area contributed by atoms with Crippen LogP contribution >= 0.6 is 11.3 Å². The lowest BCUT2D eigenvalue weighted by molar-refractivity contribution is 0.102. The van der Waals surface area contributed by atoms with Gasteiger partial charge in [0.25, 0.3) is 5.91 Å². The molecule has 1 aliphatic heterocycles. The van der Waals surface area contributed by atoms with E-state index in [1.165, 1.54) is 23.0 Å². The third-order valence-electron chi connectivity index (χ3n) is 5.29. The number of hydrogen-bond donors (Lipinski definition) is 2. The number of nitrogens with zero attached hydrogens (tertiary/aromatic N) is 4. The number of carbonyl (C=O) groups excluding carboxylic acids is 1.